The highest BCUT2D eigenvalue weighted by Gasteiger charge is 2.28. The van der Waals surface area contributed by atoms with Crippen molar-refractivity contribution in [2.45, 2.75) is 52.0 Å². The molecule has 1 amide bonds. The van der Waals surface area contributed by atoms with Crippen LogP contribution in [0.3, 0.4) is 0 Å². The van der Waals surface area contributed by atoms with E-state index < -0.39 is 5.97 Å². The maximum absolute atomic E-state index is 12.1. The topological polar surface area (TPSA) is 83.1 Å². The zero-order chi connectivity index (χ0) is 21.4. The summed E-state index contributed by atoms with van der Waals surface area (Å²) < 4.78 is 21.1. The fourth-order valence-corrected chi connectivity index (χ4v) is 3.78. The maximum atomic E-state index is 12.1. The van der Waals surface area contributed by atoms with Crippen LogP contribution >= 0.6 is 0 Å². The lowest BCUT2D eigenvalue weighted by Crippen LogP contribution is -2.45. The highest BCUT2D eigenvalue weighted by Crippen LogP contribution is 2.38. The number of benzene rings is 1. The van der Waals surface area contributed by atoms with Crippen molar-refractivity contribution in [2.24, 2.45) is 11.8 Å². The van der Waals surface area contributed by atoms with Crippen LogP contribution in [0.15, 0.2) is 12.1 Å². The Bertz CT molecular complexity index is 680. The van der Waals surface area contributed by atoms with Crippen molar-refractivity contribution in [3.63, 3.8) is 0 Å². The first-order valence-corrected chi connectivity index (χ1v) is 10.1. The second kappa shape index (κ2) is 10.9. The van der Waals surface area contributed by atoms with E-state index >= 15 is 0 Å². The average molecular weight is 408 g/mol. The summed E-state index contributed by atoms with van der Waals surface area (Å²) in [5.41, 5.74) is 0.853. The lowest BCUT2D eigenvalue weighted by atomic mass is 9.78. The fraction of sp³-hybridized carbons (Fsp3) is 0.636. The predicted molar refractivity (Wildman–Crippen MR) is 109 cm³/mol. The Morgan fingerprint density at radius 1 is 1.03 bits per heavy atom. The van der Waals surface area contributed by atoms with Crippen LogP contribution in [0.5, 0.6) is 17.2 Å². The van der Waals surface area contributed by atoms with Gasteiger partial charge < -0.3 is 24.3 Å². The first-order chi connectivity index (χ1) is 13.9. The lowest BCUT2D eigenvalue weighted by Gasteiger charge is -2.34. The highest BCUT2D eigenvalue weighted by atomic mass is 16.5. The van der Waals surface area contributed by atoms with Gasteiger partial charge in [-0.25, -0.2) is 0 Å². The summed E-state index contributed by atoms with van der Waals surface area (Å²) in [4.78, 5) is 24.2. The number of hydrogen-bond donors (Lipinski definition) is 1. The van der Waals surface area contributed by atoms with Gasteiger partial charge in [-0.05, 0) is 42.4 Å². The molecule has 0 saturated heterocycles. The van der Waals surface area contributed by atoms with Crippen LogP contribution in [-0.2, 0) is 20.7 Å². The normalized spacial score (nSPS) is 21.2. The molecule has 7 heteroatoms. The Labute approximate surface area is 173 Å². The minimum atomic E-state index is -0.418. The monoisotopic (exact) mass is 407 g/mol. The molecule has 3 atom stereocenters. The summed E-state index contributed by atoms with van der Waals surface area (Å²) in [7, 11) is 4.63. The Morgan fingerprint density at radius 2 is 1.69 bits per heavy atom. The first kappa shape index (κ1) is 22.8. The van der Waals surface area contributed by atoms with E-state index in [1.165, 1.54) is 13.5 Å². The van der Waals surface area contributed by atoms with Crippen LogP contribution in [0.1, 0.15) is 45.1 Å². The van der Waals surface area contributed by atoms with Gasteiger partial charge in [0.25, 0.3) is 5.91 Å². The molecule has 0 aliphatic heterocycles. The Morgan fingerprint density at radius 3 is 2.28 bits per heavy atom. The molecule has 0 bridgehead atoms. The minimum Gasteiger partial charge on any atom is -0.493 e. The largest absolute Gasteiger partial charge is 0.493 e. The number of carbonyl (C=O) groups excluding carboxylic acids is 2. The summed E-state index contributed by atoms with van der Waals surface area (Å²) in [6.45, 7) is 4.13. The lowest BCUT2D eigenvalue weighted by molar-refractivity contribution is -0.148. The number of methoxy groups -OCH3 is 3. The van der Waals surface area contributed by atoms with E-state index in [4.69, 9.17) is 18.9 Å². The SMILES string of the molecule is COc1cc(CCC(=O)OCC(=O)N[C@H]2CCC[C@@H](C)[C@H]2C)cc(OC)c1OC. The third kappa shape index (κ3) is 6.27. The van der Waals surface area contributed by atoms with Gasteiger partial charge in [0, 0.05) is 12.5 Å². The zero-order valence-corrected chi connectivity index (χ0v) is 18.1. The van der Waals surface area contributed by atoms with Crippen molar-refractivity contribution < 1.29 is 28.5 Å². The molecule has 162 valence electrons. The molecule has 1 saturated carbocycles. The van der Waals surface area contributed by atoms with Crippen molar-refractivity contribution >= 4 is 11.9 Å². The highest BCUT2D eigenvalue weighted by molar-refractivity contribution is 5.80. The first-order valence-electron chi connectivity index (χ1n) is 10.1. The van der Waals surface area contributed by atoms with E-state index in [1.807, 2.05) is 0 Å². The van der Waals surface area contributed by atoms with Crippen LogP contribution in [0, 0.1) is 11.8 Å². The molecule has 0 aromatic heterocycles. The fourth-order valence-electron chi connectivity index (χ4n) is 3.78. The van der Waals surface area contributed by atoms with Gasteiger partial charge in [0.1, 0.15) is 0 Å². The van der Waals surface area contributed by atoms with E-state index in [1.54, 1.807) is 26.4 Å². The van der Waals surface area contributed by atoms with Crippen LogP contribution < -0.4 is 19.5 Å². The van der Waals surface area contributed by atoms with Crippen molar-refractivity contribution in [2.75, 3.05) is 27.9 Å². The Hall–Kier alpha value is -2.44. The minimum absolute atomic E-state index is 0.156. The standard InChI is InChI=1S/C22H33NO6/c1-14-7-6-8-17(15(14)2)23-20(24)13-29-21(25)10-9-16-11-18(26-3)22(28-5)19(12-16)27-4/h11-12,14-15,17H,6-10,13H2,1-5H3,(H,23,24)/t14-,15-,17+/m1/s1. The van der Waals surface area contributed by atoms with Gasteiger partial charge in [0.05, 0.1) is 21.3 Å². The van der Waals surface area contributed by atoms with Gasteiger partial charge in [-0.1, -0.05) is 26.7 Å². The van der Waals surface area contributed by atoms with Crippen molar-refractivity contribution in [3.8, 4) is 17.2 Å². The molecule has 1 aliphatic carbocycles. The van der Waals surface area contributed by atoms with Crippen LogP contribution in [0.25, 0.3) is 0 Å². The summed E-state index contributed by atoms with van der Waals surface area (Å²) in [5, 5.41) is 3.01. The van der Waals surface area contributed by atoms with Crippen molar-refractivity contribution in [1.82, 2.24) is 5.32 Å². The van der Waals surface area contributed by atoms with Crippen molar-refractivity contribution in [1.29, 1.82) is 0 Å². The molecule has 0 unspecified atom stereocenters. The van der Waals surface area contributed by atoms with Crippen LogP contribution in [0.2, 0.25) is 0 Å². The number of hydrogen-bond acceptors (Lipinski definition) is 6. The molecule has 2 rings (SSSR count). The van der Waals surface area contributed by atoms with Gasteiger partial charge in [-0.3, -0.25) is 9.59 Å². The van der Waals surface area contributed by atoms with E-state index in [0.29, 0.717) is 35.5 Å². The molecule has 29 heavy (non-hydrogen) atoms. The molecule has 1 aromatic rings. The average Bonchev–Trinajstić information content (AvgIpc) is 2.73. The Kier molecular flexibility index (Phi) is 8.61. The third-order valence-corrected chi connectivity index (χ3v) is 5.76. The quantitative estimate of drug-likeness (QED) is 0.633. The number of nitrogens with one attached hydrogen (secondary N) is 1. The number of esters is 1. The smallest absolute Gasteiger partial charge is 0.306 e. The number of amides is 1. The van der Waals surface area contributed by atoms with Gasteiger partial charge in [-0.15, -0.1) is 0 Å². The predicted octanol–water partition coefficient (Wildman–Crippen LogP) is 3.13. The number of rotatable bonds is 9. The third-order valence-electron chi connectivity index (χ3n) is 5.76. The summed E-state index contributed by atoms with van der Waals surface area (Å²) >= 11 is 0. The molecular formula is C22H33NO6. The van der Waals surface area contributed by atoms with Gasteiger partial charge >= 0.3 is 5.97 Å². The summed E-state index contributed by atoms with van der Waals surface area (Å²) in [5.74, 6) is 1.94. The molecule has 0 radical (unpaired) electrons. The number of ether oxygens (including phenoxy) is 4. The molecule has 0 heterocycles. The summed E-state index contributed by atoms with van der Waals surface area (Å²) in [6, 6.07) is 3.75. The number of aryl methyl sites for hydroxylation is 1. The van der Waals surface area contributed by atoms with E-state index in [9.17, 15) is 9.59 Å². The van der Waals surface area contributed by atoms with Gasteiger partial charge in [-0.2, -0.15) is 0 Å². The van der Waals surface area contributed by atoms with E-state index in [0.717, 1.165) is 18.4 Å². The number of carbonyl (C=O) groups is 2. The second-order valence-electron chi connectivity index (χ2n) is 7.64. The molecule has 0 spiro atoms. The van der Waals surface area contributed by atoms with Crippen molar-refractivity contribution in [3.05, 3.63) is 17.7 Å². The zero-order valence-electron chi connectivity index (χ0n) is 18.1. The molecule has 1 aromatic carbocycles. The Balaban J connectivity index is 1.82. The summed E-state index contributed by atoms with van der Waals surface area (Å²) in [6.07, 6.45) is 3.89. The van der Waals surface area contributed by atoms with Gasteiger partial charge in [0.15, 0.2) is 18.1 Å². The molecule has 1 aliphatic rings. The second-order valence-corrected chi connectivity index (χ2v) is 7.64. The maximum Gasteiger partial charge on any atom is 0.306 e. The molecular weight excluding hydrogens is 374 g/mol. The van der Waals surface area contributed by atoms with Crippen LogP contribution in [-0.4, -0.2) is 45.9 Å². The molecule has 1 N–H and O–H groups in total. The van der Waals surface area contributed by atoms with E-state index in [-0.39, 0.29) is 25.0 Å². The van der Waals surface area contributed by atoms with E-state index in [2.05, 4.69) is 19.2 Å². The molecule has 7 nitrogen and oxygen atoms in total. The van der Waals surface area contributed by atoms with Crippen LogP contribution in [0.4, 0.5) is 0 Å². The van der Waals surface area contributed by atoms with Gasteiger partial charge in [0.2, 0.25) is 5.75 Å². The molecule has 1 fully saturated rings.